The zero-order valence-corrected chi connectivity index (χ0v) is 17.0. The summed E-state index contributed by atoms with van der Waals surface area (Å²) >= 11 is 6.23. The predicted molar refractivity (Wildman–Crippen MR) is 117 cm³/mol. The van der Waals surface area contributed by atoms with Crippen LogP contribution in [-0.2, 0) is 0 Å². The molecule has 0 amide bonds. The number of fused-ring (bicyclic) bond motifs is 1. The summed E-state index contributed by atoms with van der Waals surface area (Å²) in [6.07, 6.45) is 0.884. The van der Waals surface area contributed by atoms with E-state index in [9.17, 15) is 0 Å². The first kappa shape index (κ1) is 19.4. The number of ether oxygens (including phenoxy) is 2. The quantitative estimate of drug-likeness (QED) is 0.556. The summed E-state index contributed by atoms with van der Waals surface area (Å²) < 4.78 is 10.9. The van der Waals surface area contributed by atoms with Gasteiger partial charge in [-0.15, -0.1) is 0 Å². The lowest BCUT2D eigenvalue weighted by Gasteiger charge is -2.21. The van der Waals surface area contributed by atoms with Crippen LogP contribution >= 0.6 is 11.6 Å². The van der Waals surface area contributed by atoms with Crippen molar-refractivity contribution in [3.05, 3.63) is 29.3 Å². The van der Waals surface area contributed by atoms with Crippen molar-refractivity contribution in [2.24, 2.45) is 5.73 Å². The van der Waals surface area contributed by atoms with Crippen LogP contribution < -0.4 is 31.6 Å². The molecule has 4 rings (SSSR count). The molecule has 152 valence electrons. The van der Waals surface area contributed by atoms with Crippen LogP contribution in [-0.4, -0.2) is 43.3 Å². The van der Waals surface area contributed by atoms with Crippen LogP contribution in [0, 0.1) is 0 Å². The minimum atomic E-state index is 0.0879. The van der Waals surface area contributed by atoms with Crippen molar-refractivity contribution in [2.45, 2.75) is 12.5 Å². The Hall–Kier alpha value is -2.97. The fraction of sp³-hybridized carbons (Fsp3) is 0.300. The third-order valence-corrected chi connectivity index (χ3v) is 5.48. The van der Waals surface area contributed by atoms with E-state index < -0.39 is 0 Å². The number of nitrogens with two attached hydrogens (primary N) is 3. The molecule has 0 saturated carbocycles. The van der Waals surface area contributed by atoms with Gasteiger partial charge in [-0.3, -0.25) is 0 Å². The number of rotatable bonds is 4. The van der Waals surface area contributed by atoms with Crippen LogP contribution in [0.15, 0.2) is 24.3 Å². The Balaban J connectivity index is 2.01. The molecule has 2 heterocycles. The minimum Gasteiger partial charge on any atom is -0.493 e. The van der Waals surface area contributed by atoms with E-state index in [-0.39, 0.29) is 6.04 Å². The molecule has 0 bridgehead atoms. The highest BCUT2D eigenvalue weighted by Gasteiger charge is 2.25. The predicted octanol–water partition coefficient (Wildman–Crippen LogP) is 2.67. The molecule has 9 heteroatoms. The highest BCUT2D eigenvalue weighted by molar-refractivity contribution is 6.34. The number of nitrogens with zero attached hydrogens (tertiary/aromatic N) is 3. The van der Waals surface area contributed by atoms with Gasteiger partial charge in [0.25, 0.3) is 0 Å². The Bertz CT molecular complexity index is 1090. The summed E-state index contributed by atoms with van der Waals surface area (Å²) in [5, 5.41) is 1.23. The Morgan fingerprint density at radius 3 is 2.48 bits per heavy atom. The summed E-state index contributed by atoms with van der Waals surface area (Å²) in [5.41, 5.74) is 20.5. The number of hydrogen-bond donors (Lipinski definition) is 3. The molecule has 3 aromatic rings. The number of halogens is 1. The molecule has 1 aliphatic heterocycles. The highest BCUT2D eigenvalue weighted by Crippen LogP contribution is 2.40. The fourth-order valence-corrected chi connectivity index (χ4v) is 3.79. The number of aromatic nitrogens is 2. The van der Waals surface area contributed by atoms with Crippen molar-refractivity contribution in [3.63, 3.8) is 0 Å². The molecule has 29 heavy (non-hydrogen) atoms. The van der Waals surface area contributed by atoms with E-state index in [2.05, 4.69) is 4.90 Å². The molecule has 0 spiro atoms. The molecule has 1 fully saturated rings. The average molecular weight is 415 g/mol. The molecule has 6 N–H and O–H groups in total. The van der Waals surface area contributed by atoms with Crippen LogP contribution in [0.2, 0.25) is 5.02 Å². The summed E-state index contributed by atoms with van der Waals surface area (Å²) in [4.78, 5) is 11.7. The monoisotopic (exact) mass is 414 g/mol. The lowest BCUT2D eigenvalue weighted by atomic mass is 10.1. The van der Waals surface area contributed by atoms with Crippen molar-refractivity contribution < 1.29 is 9.47 Å². The van der Waals surface area contributed by atoms with Gasteiger partial charge in [0.2, 0.25) is 0 Å². The highest BCUT2D eigenvalue weighted by atomic mass is 35.5. The van der Waals surface area contributed by atoms with E-state index in [0.29, 0.717) is 51.3 Å². The SMILES string of the molecule is COc1cc2nc(-c3c(N)ccc(Cl)c3N)nc(N3CCC(N)C3)c2cc1OC. The molecule has 1 saturated heterocycles. The second-order valence-corrected chi connectivity index (χ2v) is 7.42. The first-order valence-electron chi connectivity index (χ1n) is 9.21. The van der Waals surface area contributed by atoms with E-state index in [1.165, 1.54) is 0 Å². The topological polar surface area (TPSA) is 126 Å². The van der Waals surface area contributed by atoms with Gasteiger partial charge in [-0.25, -0.2) is 9.97 Å². The van der Waals surface area contributed by atoms with Crippen LogP contribution in [0.5, 0.6) is 11.5 Å². The zero-order valence-electron chi connectivity index (χ0n) is 16.3. The van der Waals surface area contributed by atoms with Gasteiger partial charge < -0.3 is 31.6 Å². The van der Waals surface area contributed by atoms with E-state index in [1.54, 1.807) is 26.4 Å². The summed E-state index contributed by atoms with van der Waals surface area (Å²) in [7, 11) is 3.18. The molecule has 1 aromatic heterocycles. The number of nitrogen functional groups attached to an aromatic ring is 2. The minimum absolute atomic E-state index is 0.0879. The summed E-state index contributed by atoms with van der Waals surface area (Å²) in [6.45, 7) is 1.49. The zero-order chi connectivity index (χ0) is 20.7. The third kappa shape index (κ3) is 3.34. The van der Waals surface area contributed by atoms with Gasteiger partial charge >= 0.3 is 0 Å². The Morgan fingerprint density at radius 2 is 1.83 bits per heavy atom. The molecule has 1 aliphatic rings. The summed E-state index contributed by atoms with van der Waals surface area (Å²) in [5.74, 6) is 2.32. The van der Waals surface area contributed by atoms with Crippen molar-refractivity contribution in [1.82, 2.24) is 9.97 Å². The Morgan fingerprint density at radius 1 is 1.10 bits per heavy atom. The van der Waals surface area contributed by atoms with Crippen LogP contribution in [0.1, 0.15) is 6.42 Å². The fourth-order valence-electron chi connectivity index (χ4n) is 3.63. The van der Waals surface area contributed by atoms with Gasteiger partial charge in [-0.2, -0.15) is 0 Å². The largest absolute Gasteiger partial charge is 0.493 e. The second kappa shape index (κ2) is 7.46. The number of anilines is 3. The van der Waals surface area contributed by atoms with Crippen LogP contribution in [0.25, 0.3) is 22.3 Å². The first-order valence-corrected chi connectivity index (χ1v) is 9.58. The molecule has 2 aromatic carbocycles. The van der Waals surface area contributed by atoms with Gasteiger partial charge in [0.1, 0.15) is 5.82 Å². The standard InChI is InChI=1S/C20H23ClN6O2/c1-28-15-7-11-14(8-16(15)29-2)25-19(17-13(23)4-3-12(21)18(17)24)26-20(11)27-6-5-10(22)9-27/h3-4,7-8,10H,5-6,9,22-24H2,1-2H3. The maximum Gasteiger partial charge on any atom is 0.166 e. The van der Waals surface area contributed by atoms with Crippen LogP contribution in [0.4, 0.5) is 17.2 Å². The molecule has 8 nitrogen and oxygen atoms in total. The first-order chi connectivity index (χ1) is 13.9. The smallest absolute Gasteiger partial charge is 0.166 e. The Kier molecular flexibility index (Phi) is 4.97. The van der Waals surface area contributed by atoms with E-state index >= 15 is 0 Å². The van der Waals surface area contributed by atoms with Crippen molar-refractivity contribution in [2.75, 3.05) is 43.7 Å². The number of methoxy groups -OCH3 is 2. The molecule has 0 aliphatic carbocycles. The van der Waals surface area contributed by atoms with E-state index in [0.717, 1.165) is 24.2 Å². The molecule has 0 radical (unpaired) electrons. The lowest BCUT2D eigenvalue weighted by molar-refractivity contribution is 0.356. The lowest BCUT2D eigenvalue weighted by Crippen LogP contribution is -2.27. The third-order valence-electron chi connectivity index (χ3n) is 5.15. The Labute approximate surface area is 173 Å². The van der Waals surface area contributed by atoms with Gasteiger partial charge in [-0.05, 0) is 24.6 Å². The van der Waals surface area contributed by atoms with Gasteiger partial charge in [0.05, 0.1) is 36.0 Å². The number of hydrogen-bond acceptors (Lipinski definition) is 8. The van der Waals surface area contributed by atoms with Crippen LogP contribution in [0.3, 0.4) is 0 Å². The number of benzene rings is 2. The molecular formula is C20H23ClN6O2. The normalized spacial score (nSPS) is 16.4. The summed E-state index contributed by atoms with van der Waals surface area (Å²) in [6, 6.07) is 7.13. The van der Waals surface area contributed by atoms with Gasteiger partial charge in [-0.1, -0.05) is 11.6 Å². The van der Waals surface area contributed by atoms with E-state index in [1.807, 2.05) is 12.1 Å². The molecule has 1 atom stereocenters. The average Bonchev–Trinajstić information content (AvgIpc) is 3.15. The maximum atomic E-state index is 6.23. The molecular weight excluding hydrogens is 392 g/mol. The maximum absolute atomic E-state index is 6.23. The van der Waals surface area contributed by atoms with Crippen molar-refractivity contribution in [3.8, 4) is 22.9 Å². The van der Waals surface area contributed by atoms with Gasteiger partial charge in [0, 0.05) is 36.3 Å². The van der Waals surface area contributed by atoms with Gasteiger partial charge in [0.15, 0.2) is 17.3 Å². The molecule has 1 unspecified atom stereocenters. The second-order valence-electron chi connectivity index (χ2n) is 7.02. The van der Waals surface area contributed by atoms with E-state index in [4.69, 9.17) is 48.2 Å². The van der Waals surface area contributed by atoms with Crippen molar-refractivity contribution >= 4 is 39.7 Å². The van der Waals surface area contributed by atoms with Crippen molar-refractivity contribution in [1.29, 1.82) is 0 Å².